The van der Waals surface area contributed by atoms with E-state index in [-0.39, 0.29) is 0 Å². The lowest BCUT2D eigenvalue weighted by molar-refractivity contribution is 0.115. The summed E-state index contributed by atoms with van der Waals surface area (Å²) in [5, 5.41) is 3.79. The Labute approximate surface area is 82.3 Å². The van der Waals surface area contributed by atoms with Crippen LogP contribution < -0.4 is 5.32 Å². The van der Waals surface area contributed by atoms with Gasteiger partial charge >= 0.3 is 0 Å². The molecule has 0 aromatic rings. The highest BCUT2D eigenvalue weighted by atomic mass is 15.0. The summed E-state index contributed by atoms with van der Waals surface area (Å²) in [5.74, 6) is 2.84. The molecule has 76 valence electrons. The van der Waals surface area contributed by atoms with Gasteiger partial charge < -0.3 is 5.32 Å². The van der Waals surface area contributed by atoms with Crippen molar-refractivity contribution in [1.82, 2.24) is 5.32 Å². The van der Waals surface area contributed by atoms with Crippen LogP contribution in [0.5, 0.6) is 0 Å². The second kappa shape index (κ2) is 3.61. The van der Waals surface area contributed by atoms with Gasteiger partial charge in [0.25, 0.3) is 0 Å². The van der Waals surface area contributed by atoms with Gasteiger partial charge in [-0.2, -0.15) is 0 Å². The molecule has 1 saturated carbocycles. The summed E-state index contributed by atoms with van der Waals surface area (Å²) in [6, 6.07) is 1.59. The van der Waals surface area contributed by atoms with Crippen LogP contribution in [0.3, 0.4) is 0 Å². The molecule has 1 aliphatic heterocycles. The maximum Gasteiger partial charge on any atom is 0.00982 e. The highest BCUT2D eigenvalue weighted by Crippen LogP contribution is 2.37. The molecule has 13 heavy (non-hydrogen) atoms. The fraction of sp³-hybridized carbons (Fsp3) is 1.00. The Kier molecular flexibility index (Phi) is 2.64. The molecule has 2 rings (SSSR count). The average molecular weight is 181 g/mol. The van der Waals surface area contributed by atoms with Crippen molar-refractivity contribution in [1.29, 1.82) is 0 Å². The molecule has 1 nitrogen and oxygen atoms in total. The van der Waals surface area contributed by atoms with Gasteiger partial charge in [0, 0.05) is 12.1 Å². The van der Waals surface area contributed by atoms with E-state index in [0.717, 1.165) is 29.8 Å². The lowest BCUT2D eigenvalue weighted by Gasteiger charge is -2.44. The van der Waals surface area contributed by atoms with Gasteiger partial charge in [0.2, 0.25) is 0 Å². The Balaban J connectivity index is 1.98. The van der Waals surface area contributed by atoms with Gasteiger partial charge in [-0.1, -0.05) is 13.8 Å². The summed E-state index contributed by atoms with van der Waals surface area (Å²) in [6.07, 6.45) is 5.79. The summed E-state index contributed by atoms with van der Waals surface area (Å²) in [6.45, 7) is 7.16. The van der Waals surface area contributed by atoms with Gasteiger partial charge in [-0.05, 0) is 50.4 Å². The summed E-state index contributed by atoms with van der Waals surface area (Å²) in [7, 11) is 0. The van der Waals surface area contributed by atoms with Crippen LogP contribution in [0.25, 0.3) is 0 Å². The van der Waals surface area contributed by atoms with E-state index in [9.17, 15) is 0 Å². The molecule has 0 amide bonds. The Bertz CT molecular complexity index is 178. The van der Waals surface area contributed by atoms with Crippen LogP contribution >= 0.6 is 0 Å². The van der Waals surface area contributed by atoms with Crippen molar-refractivity contribution in [3.05, 3.63) is 0 Å². The standard InChI is InChI=1S/C12H23N/c1-8-4-5-12-11(6-8)7-9(2)10(3)13-12/h8-13H,4-7H2,1-3H3. The molecule has 5 atom stereocenters. The van der Waals surface area contributed by atoms with E-state index in [1.165, 1.54) is 25.7 Å². The average Bonchev–Trinajstić information content (AvgIpc) is 2.08. The van der Waals surface area contributed by atoms with E-state index in [1.807, 2.05) is 0 Å². The first-order valence-electron chi connectivity index (χ1n) is 5.93. The molecule has 1 heteroatoms. The van der Waals surface area contributed by atoms with E-state index in [0.29, 0.717) is 0 Å². The molecule has 0 aromatic carbocycles. The van der Waals surface area contributed by atoms with Gasteiger partial charge in [0.1, 0.15) is 0 Å². The topological polar surface area (TPSA) is 12.0 Å². The molecule has 1 saturated heterocycles. The number of fused-ring (bicyclic) bond motifs is 1. The summed E-state index contributed by atoms with van der Waals surface area (Å²) in [4.78, 5) is 0. The maximum atomic E-state index is 3.79. The minimum absolute atomic E-state index is 0.745. The molecule has 2 fully saturated rings. The van der Waals surface area contributed by atoms with Crippen molar-refractivity contribution >= 4 is 0 Å². The molecule has 2 aliphatic rings. The molecule has 0 bridgehead atoms. The van der Waals surface area contributed by atoms with Crippen LogP contribution in [0.1, 0.15) is 46.5 Å². The summed E-state index contributed by atoms with van der Waals surface area (Å²) < 4.78 is 0. The first-order chi connectivity index (χ1) is 6.16. The smallest absolute Gasteiger partial charge is 0.00982 e. The van der Waals surface area contributed by atoms with E-state index < -0.39 is 0 Å². The largest absolute Gasteiger partial charge is 0.311 e. The lowest BCUT2D eigenvalue weighted by Crippen LogP contribution is -2.52. The Morgan fingerprint density at radius 1 is 1.00 bits per heavy atom. The quantitative estimate of drug-likeness (QED) is 0.606. The van der Waals surface area contributed by atoms with Crippen molar-refractivity contribution in [2.24, 2.45) is 17.8 Å². The van der Waals surface area contributed by atoms with E-state index in [2.05, 4.69) is 26.1 Å². The zero-order chi connectivity index (χ0) is 9.42. The molecule has 1 heterocycles. The van der Waals surface area contributed by atoms with E-state index >= 15 is 0 Å². The zero-order valence-corrected chi connectivity index (χ0v) is 9.22. The van der Waals surface area contributed by atoms with Crippen LogP contribution in [0.15, 0.2) is 0 Å². The van der Waals surface area contributed by atoms with Crippen molar-refractivity contribution < 1.29 is 0 Å². The SMILES string of the molecule is CC1CCC2NC(C)C(C)CC2C1. The Morgan fingerprint density at radius 2 is 1.77 bits per heavy atom. The number of hydrogen-bond donors (Lipinski definition) is 1. The normalized spacial score (nSPS) is 51.5. The molecule has 0 spiro atoms. The van der Waals surface area contributed by atoms with Gasteiger partial charge in [0.05, 0.1) is 0 Å². The minimum Gasteiger partial charge on any atom is -0.311 e. The van der Waals surface area contributed by atoms with Gasteiger partial charge in [-0.25, -0.2) is 0 Å². The second-order valence-corrected chi connectivity index (χ2v) is 5.45. The van der Waals surface area contributed by atoms with Crippen molar-refractivity contribution in [3.8, 4) is 0 Å². The van der Waals surface area contributed by atoms with Crippen molar-refractivity contribution in [2.75, 3.05) is 0 Å². The third kappa shape index (κ3) is 1.90. The third-order valence-electron chi connectivity index (χ3n) is 4.25. The Hall–Kier alpha value is -0.0400. The van der Waals surface area contributed by atoms with Crippen LogP contribution in [-0.4, -0.2) is 12.1 Å². The van der Waals surface area contributed by atoms with E-state index in [1.54, 1.807) is 0 Å². The highest BCUT2D eigenvalue weighted by molar-refractivity contribution is 4.91. The monoisotopic (exact) mass is 181 g/mol. The van der Waals surface area contributed by atoms with Crippen LogP contribution in [-0.2, 0) is 0 Å². The first kappa shape index (κ1) is 9.51. The lowest BCUT2D eigenvalue weighted by atomic mass is 9.71. The van der Waals surface area contributed by atoms with Crippen molar-refractivity contribution in [3.63, 3.8) is 0 Å². The molecular weight excluding hydrogens is 158 g/mol. The van der Waals surface area contributed by atoms with Crippen molar-refractivity contribution in [2.45, 2.75) is 58.5 Å². The zero-order valence-electron chi connectivity index (χ0n) is 9.22. The fourth-order valence-corrected chi connectivity index (χ4v) is 3.16. The third-order valence-corrected chi connectivity index (χ3v) is 4.25. The number of piperidine rings is 1. The predicted molar refractivity (Wildman–Crippen MR) is 56.7 cm³/mol. The van der Waals surface area contributed by atoms with Gasteiger partial charge in [0.15, 0.2) is 0 Å². The molecule has 0 radical (unpaired) electrons. The minimum atomic E-state index is 0.745. The van der Waals surface area contributed by atoms with Gasteiger partial charge in [-0.15, -0.1) is 0 Å². The second-order valence-electron chi connectivity index (χ2n) is 5.45. The van der Waals surface area contributed by atoms with Crippen LogP contribution in [0.4, 0.5) is 0 Å². The number of rotatable bonds is 0. The Morgan fingerprint density at radius 3 is 2.54 bits per heavy atom. The molecule has 0 aromatic heterocycles. The van der Waals surface area contributed by atoms with Crippen LogP contribution in [0, 0.1) is 17.8 Å². The number of hydrogen-bond acceptors (Lipinski definition) is 1. The first-order valence-corrected chi connectivity index (χ1v) is 5.93. The van der Waals surface area contributed by atoms with Gasteiger partial charge in [-0.3, -0.25) is 0 Å². The molecule has 1 N–H and O–H groups in total. The highest BCUT2D eigenvalue weighted by Gasteiger charge is 2.35. The summed E-state index contributed by atoms with van der Waals surface area (Å²) >= 11 is 0. The molecular formula is C12H23N. The fourth-order valence-electron chi connectivity index (χ4n) is 3.16. The predicted octanol–water partition coefficient (Wildman–Crippen LogP) is 2.81. The summed E-state index contributed by atoms with van der Waals surface area (Å²) in [5.41, 5.74) is 0. The maximum absolute atomic E-state index is 3.79. The molecule has 5 unspecified atom stereocenters. The van der Waals surface area contributed by atoms with E-state index in [4.69, 9.17) is 0 Å². The number of nitrogens with one attached hydrogen (secondary N) is 1. The van der Waals surface area contributed by atoms with Crippen LogP contribution in [0.2, 0.25) is 0 Å². The molecule has 1 aliphatic carbocycles.